The van der Waals surface area contributed by atoms with Crippen LogP contribution >= 0.6 is 11.8 Å². The predicted octanol–water partition coefficient (Wildman–Crippen LogP) is 1.87. The van der Waals surface area contributed by atoms with Gasteiger partial charge in [-0.3, -0.25) is 9.59 Å². The smallest absolute Gasteiger partial charge is 0.267 e. The van der Waals surface area contributed by atoms with Crippen LogP contribution in [0.15, 0.2) is 69.5 Å². The van der Waals surface area contributed by atoms with E-state index in [1.54, 1.807) is 42.5 Å². The molecule has 0 unspecified atom stereocenters. The van der Waals surface area contributed by atoms with Gasteiger partial charge < -0.3 is 21.6 Å². The number of hydrazone groups is 1. The van der Waals surface area contributed by atoms with Crippen molar-refractivity contribution in [3.8, 4) is 23.3 Å². The molecule has 0 aliphatic carbocycles. The highest BCUT2D eigenvalue weighted by Gasteiger charge is 2.21. The number of aromatic amines is 1. The monoisotopic (exact) mass is 458 g/mol. The largest absolute Gasteiger partial charge is 0.322 e. The molecule has 7 N–H and O–H groups in total. The van der Waals surface area contributed by atoms with E-state index < -0.39 is 5.56 Å². The quantitative estimate of drug-likeness (QED) is 0.122. The van der Waals surface area contributed by atoms with Crippen molar-refractivity contribution in [2.75, 3.05) is 11.1 Å². The van der Waals surface area contributed by atoms with E-state index in [1.807, 2.05) is 18.2 Å². The number of hydrogen-bond donors (Lipinski definition) is 5. The summed E-state index contributed by atoms with van der Waals surface area (Å²) in [6.07, 6.45) is 0. The Hall–Kier alpha value is -4.58. The van der Waals surface area contributed by atoms with Crippen LogP contribution in [0.4, 0.5) is 5.69 Å². The van der Waals surface area contributed by atoms with Crippen molar-refractivity contribution < 1.29 is 4.79 Å². The van der Waals surface area contributed by atoms with Crippen molar-refractivity contribution in [1.82, 2.24) is 10.4 Å². The van der Waals surface area contributed by atoms with Crippen LogP contribution in [0.3, 0.4) is 0 Å². The molecule has 1 aromatic heterocycles. The molecular weight excluding hydrogens is 440 g/mol. The van der Waals surface area contributed by atoms with Crippen LogP contribution < -0.4 is 28.0 Å². The molecule has 0 saturated carbocycles. The van der Waals surface area contributed by atoms with Crippen LogP contribution in [0.1, 0.15) is 21.5 Å². The second-order valence-electron chi connectivity index (χ2n) is 6.54. The first-order valence-corrected chi connectivity index (χ1v) is 10.4. The molecule has 0 bridgehead atoms. The summed E-state index contributed by atoms with van der Waals surface area (Å²) in [7, 11) is 0. The molecule has 164 valence electrons. The van der Waals surface area contributed by atoms with Gasteiger partial charge in [-0.25, -0.2) is 5.84 Å². The summed E-state index contributed by atoms with van der Waals surface area (Å²) in [5.74, 6) is 10.5. The van der Waals surface area contributed by atoms with E-state index in [4.69, 9.17) is 11.7 Å². The molecule has 3 aromatic rings. The molecule has 0 atom stereocenters. The highest BCUT2D eigenvalue weighted by molar-refractivity contribution is 8.00. The predicted molar refractivity (Wildman–Crippen MR) is 126 cm³/mol. The Balaban J connectivity index is 2.07. The van der Waals surface area contributed by atoms with E-state index in [0.717, 1.165) is 11.8 Å². The first-order chi connectivity index (χ1) is 16.0. The Morgan fingerprint density at radius 3 is 2.45 bits per heavy atom. The molecule has 10 nitrogen and oxygen atoms in total. The lowest BCUT2D eigenvalue weighted by molar-refractivity contribution is 0.102. The second kappa shape index (κ2) is 10.6. The fraction of sp³-hybridized carbons (Fsp3) is 0.0455. The third-order valence-corrected chi connectivity index (χ3v) is 5.54. The van der Waals surface area contributed by atoms with Crippen LogP contribution in [-0.2, 0) is 0 Å². The molecule has 11 heteroatoms. The van der Waals surface area contributed by atoms with E-state index in [9.17, 15) is 20.1 Å². The van der Waals surface area contributed by atoms with Crippen LogP contribution in [0.5, 0.6) is 0 Å². The molecule has 2 aromatic carbocycles. The average Bonchev–Trinajstić information content (AvgIpc) is 2.85. The Labute approximate surface area is 192 Å². The summed E-state index contributed by atoms with van der Waals surface area (Å²) >= 11 is 1.06. The summed E-state index contributed by atoms with van der Waals surface area (Å²) < 4.78 is 0. The van der Waals surface area contributed by atoms with Crippen LogP contribution in [0.2, 0.25) is 0 Å². The van der Waals surface area contributed by atoms with Gasteiger partial charge in [0.25, 0.3) is 11.5 Å². The SMILES string of the molecule is N#Cc1c(SC/C(=N/N)NN)[nH]c(=O)c(C#N)c1-c1cccc(C(=O)Nc2ccccc2)c1. The number of pyridine rings is 1. The third kappa shape index (κ3) is 5.19. The molecular formula is C22H18N8O2S. The number of nitrogens with two attached hydrogens (primary N) is 2. The molecule has 33 heavy (non-hydrogen) atoms. The number of anilines is 1. The Morgan fingerprint density at radius 2 is 1.82 bits per heavy atom. The van der Waals surface area contributed by atoms with E-state index >= 15 is 0 Å². The molecule has 1 amide bonds. The zero-order valence-electron chi connectivity index (χ0n) is 17.1. The van der Waals surface area contributed by atoms with Crippen molar-refractivity contribution in [1.29, 1.82) is 10.5 Å². The van der Waals surface area contributed by atoms with Crippen molar-refractivity contribution in [3.63, 3.8) is 0 Å². The van der Waals surface area contributed by atoms with E-state index in [-0.39, 0.29) is 39.2 Å². The highest BCUT2D eigenvalue weighted by atomic mass is 32.2. The number of amidine groups is 1. The molecule has 3 rings (SSSR count). The number of aromatic nitrogens is 1. The summed E-state index contributed by atoms with van der Waals surface area (Å²) in [6, 6.07) is 19.2. The minimum absolute atomic E-state index is 0.0742. The number of H-pyrrole nitrogens is 1. The average molecular weight is 459 g/mol. The number of benzene rings is 2. The third-order valence-electron chi connectivity index (χ3n) is 4.53. The topological polar surface area (TPSA) is 186 Å². The van der Waals surface area contributed by atoms with Gasteiger partial charge in [-0.15, -0.1) is 0 Å². The van der Waals surface area contributed by atoms with Gasteiger partial charge in [0, 0.05) is 16.8 Å². The number of nitrogens with zero attached hydrogens (tertiary/aromatic N) is 3. The maximum Gasteiger partial charge on any atom is 0.267 e. The van der Waals surface area contributed by atoms with Crippen LogP contribution in [0.25, 0.3) is 11.1 Å². The van der Waals surface area contributed by atoms with Crippen molar-refractivity contribution in [2.45, 2.75) is 5.03 Å². The zero-order valence-corrected chi connectivity index (χ0v) is 17.9. The number of carbonyl (C=O) groups excluding carboxylic acids is 1. The van der Waals surface area contributed by atoms with Gasteiger partial charge in [0.1, 0.15) is 23.5 Å². The van der Waals surface area contributed by atoms with E-state index in [1.165, 1.54) is 6.07 Å². The lowest BCUT2D eigenvalue weighted by atomic mass is 9.96. The van der Waals surface area contributed by atoms with Gasteiger partial charge >= 0.3 is 0 Å². The second-order valence-corrected chi connectivity index (χ2v) is 7.53. The molecule has 0 aliphatic rings. The first kappa shape index (κ1) is 23.1. The Kier molecular flexibility index (Phi) is 7.44. The summed E-state index contributed by atoms with van der Waals surface area (Å²) in [5, 5.41) is 25.9. The fourth-order valence-corrected chi connectivity index (χ4v) is 3.88. The lowest BCUT2D eigenvalue weighted by Crippen LogP contribution is -2.33. The number of amides is 1. The molecule has 0 aliphatic heterocycles. The van der Waals surface area contributed by atoms with Crippen LogP contribution in [0, 0.1) is 22.7 Å². The number of nitrogens with one attached hydrogen (secondary N) is 3. The molecule has 0 saturated heterocycles. The van der Waals surface area contributed by atoms with Gasteiger partial charge in [0.15, 0.2) is 0 Å². The summed E-state index contributed by atoms with van der Waals surface area (Å²) in [5.41, 5.74) is 2.91. The summed E-state index contributed by atoms with van der Waals surface area (Å²) in [4.78, 5) is 27.9. The molecule has 0 radical (unpaired) electrons. The highest BCUT2D eigenvalue weighted by Crippen LogP contribution is 2.31. The van der Waals surface area contributed by atoms with E-state index in [2.05, 4.69) is 20.8 Å². The number of thioether (sulfide) groups is 1. The molecule has 0 fully saturated rings. The Bertz CT molecular complexity index is 1350. The maximum absolute atomic E-state index is 12.7. The summed E-state index contributed by atoms with van der Waals surface area (Å²) in [6.45, 7) is 0. The molecule has 1 heterocycles. The van der Waals surface area contributed by atoms with Crippen molar-refractivity contribution in [3.05, 3.63) is 81.6 Å². The standard InChI is InChI=1S/C22H18N8O2S/c23-10-16-19(17(11-24)22(28-21(16)32)33-12-18(29-25)30-26)13-5-4-6-14(9-13)20(31)27-15-7-2-1-3-8-15/h1-9H,12,25-26H2,(H,27,31)(H,28,32)(H,29,30). The van der Waals surface area contributed by atoms with Gasteiger partial charge in [-0.05, 0) is 29.8 Å². The van der Waals surface area contributed by atoms with Gasteiger partial charge in [0.2, 0.25) is 0 Å². The Morgan fingerprint density at radius 1 is 1.09 bits per heavy atom. The fourth-order valence-electron chi connectivity index (χ4n) is 2.99. The zero-order chi connectivity index (χ0) is 23.8. The van der Waals surface area contributed by atoms with Crippen molar-refractivity contribution >= 4 is 29.2 Å². The first-order valence-electron chi connectivity index (χ1n) is 9.45. The van der Waals surface area contributed by atoms with Gasteiger partial charge in [-0.2, -0.15) is 15.6 Å². The van der Waals surface area contributed by atoms with E-state index in [0.29, 0.717) is 16.8 Å². The van der Waals surface area contributed by atoms with Crippen molar-refractivity contribution in [2.24, 2.45) is 16.8 Å². The van der Waals surface area contributed by atoms with Gasteiger partial charge in [-0.1, -0.05) is 42.1 Å². The number of hydrazine groups is 1. The number of hydrogen-bond acceptors (Lipinski definition) is 8. The normalized spacial score (nSPS) is 10.7. The number of rotatable bonds is 6. The number of para-hydroxylation sites is 1. The van der Waals surface area contributed by atoms with Crippen LogP contribution in [-0.4, -0.2) is 22.5 Å². The number of carbonyl (C=O) groups is 1. The van der Waals surface area contributed by atoms with Gasteiger partial charge in [0.05, 0.1) is 16.3 Å². The minimum atomic E-state index is -0.667. The maximum atomic E-state index is 12.7. The number of nitriles is 2. The minimum Gasteiger partial charge on any atom is -0.322 e. The lowest BCUT2D eigenvalue weighted by Gasteiger charge is -2.12. The molecule has 0 spiro atoms.